The standard InChI is InChI=1S/C20H45NO7Si2/c1-23-29(24-2,25-3)18-14-12-10-8-7-9-11-13-16-20(22)21-17-15-19-30(26-4,27-5)28-6/h7-19H2,1-6H3,(H,21,22). The van der Waals surface area contributed by atoms with Crippen molar-refractivity contribution in [1.82, 2.24) is 5.32 Å². The van der Waals surface area contributed by atoms with Crippen LogP contribution in [0.25, 0.3) is 0 Å². The first-order valence-electron chi connectivity index (χ1n) is 11.0. The Hall–Kier alpha value is -0.336. The molecule has 1 amide bonds. The predicted octanol–water partition coefficient (Wildman–Crippen LogP) is 3.76. The molecule has 10 heteroatoms. The summed E-state index contributed by atoms with van der Waals surface area (Å²) in [6.07, 6.45) is 10.5. The van der Waals surface area contributed by atoms with Crippen LogP contribution >= 0.6 is 0 Å². The lowest BCUT2D eigenvalue weighted by atomic mass is 10.1. The third-order valence-electron chi connectivity index (χ3n) is 5.48. The smallest absolute Gasteiger partial charge is 0.377 e. The first kappa shape index (κ1) is 29.7. The molecular formula is C20H45NO7Si2. The highest BCUT2D eigenvalue weighted by molar-refractivity contribution is 6.60. The van der Waals surface area contributed by atoms with E-state index < -0.39 is 17.6 Å². The monoisotopic (exact) mass is 467 g/mol. The zero-order chi connectivity index (χ0) is 22.7. The topological polar surface area (TPSA) is 84.5 Å². The minimum absolute atomic E-state index is 0.122. The predicted molar refractivity (Wildman–Crippen MR) is 122 cm³/mol. The Balaban J connectivity index is 3.57. The SMILES string of the molecule is CO[Si](CCCCCCCCCCC(=O)NCCC[Si](OC)(OC)OC)(OC)OC. The molecule has 0 bridgehead atoms. The Morgan fingerprint density at radius 1 is 0.567 bits per heavy atom. The minimum atomic E-state index is -2.53. The Morgan fingerprint density at radius 2 is 0.933 bits per heavy atom. The lowest BCUT2D eigenvalue weighted by molar-refractivity contribution is -0.121. The van der Waals surface area contributed by atoms with Crippen molar-refractivity contribution in [3.63, 3.8) is 0 Å². The molecule has 0 aromatic rings. The molecule has 0 saturated heterocycles. The van der Waals surface area contributed by atoms with Gasteiger partial charge < -0.3 is 31.9 Å². The van der Waals surface area contributed by atoms with E-state index in [1.807, 2.05) is 0 Å². The van der Waals surface area contributed by atoms with Crippen molar-refractivity contribution < 1.29 is 31.4 Å². The molecule has 0 saturated carbocycles. The molecule has 0 aliphatic rings. The second kappa shape index (κ2) is 18.3. The lowest BCUT2D eigenvalue weighted by Crippen LogP contribution is -2.43. The molecule has 0 atom stereocenters. The molecule has 0 heterocycles. The molecule has 0 aliphatic heterocycles. The van der Waals surface area contributed by atoms with Gasteiger partial charge in [0.05, 0.1) is 0 Å². The van der Waals surface area contributed by atoms with Crippen LogP contribution in [-0.4, -0.2) is 72.7 Å². The average Bonchev–Trinajstić information content (AvgIpc) is 2.78. The average molecular weight is 468 g/mol. The largest absolute Gasteiger partial charge is 0.500 e. The van der Waals surface area contributed by atoms with Crippen LogP contribution in [0, 0.1) is 0 Å². The quantitative estimate of drug-likeness (QED) is 0.203. The number of hydrogen-bond acceptors (Lipinski definition) is 7. The van der Waals surface area contributed by atoms with E-state index in [4.69, 9.17) is 26.6 Å². The van der Waals surface area contributed by atoms with Crippen LogP contribution in [0.5, 0.6) is 0 Å². The molecule has 30 heavy (non-hydrogen) atoms. The van der Waals surface area contributed by atoms with E-state index in [0.29, 0.717) is 19.0 Å². The van der Waals surface area contributed by atoms with Crippen molar-refractivity contribution >= 4 is 23.5 Å². The highest BCUT2D eigenvalue weighted by Gasteiger charge is 2.37. The van der Waals surface area contributed by atoms with Crippen LogP contribution in [-0.2, 0) is 31.4 Å². The second-order valence-electron chi connectivity index (χ2n) is 7.37. The van der Waals surface area contributed by atoms with Gasteiger partial charge in [-0.1, -0.05) is 38.5 Å². The number of amides is 1. The minimum Gasteiger partial charge on any atom is -0.377 e. The van der Waals surface area contributed by atoms with Gasteiger partial charge in [-0.05, 0) is 19.3 Å². The van der Waals surface area contributed by atoms with E-state index in [2.05, 4.69) is 5.32 Å². The molecule has 0 spiro atoms. The summed E-state index contributed by atoms with van der Waals surface area (Å²) >= 11 is 0. The zero-order valence-corrected chi connectivity index (χ0v) is 22.1. The molecule has 0 radical (unpaired) electrons. The molecular weight excluding hydrogens is 422 g/mol. The second-order valence-corrected chi connectivity index (χ2v) is 13.6. The maximum absolute atomic E-state index is 11.9. The summed E-state index contributed by atoms with van der Waals surface area (Å²) in [6.45, 7) is 0.628. The summed E-state index contributed by atoms with van der Waals surface area (Å²) < 4.78 is 32.4. The van der Waals surface area contributed by atoms with Gasteiger partial charge in [-0.15, -0.1) is 0 Å². The lowest BCUT2D eigenvalue weighted by Gasteiger charge is -2.24. The number of hydrogen-bond donors (Lipinski definition) is 1. The van der Waals surface area contributed by atoms with Crippen LogP contribution in [0.15, 0.2) is 0 Å². The normalized spacial score (nSPS) is 12.3. The maximum atomic E-state index is 11.9. The third kappa shape index (κ3) is 12.5. The number of unbranched alkanes of at least 4 members (excludes halogenated alkanes) is 7. The van der Waals surface area contributed by atoms with Crippen molar-refractivity contribution in [2.45, 2.75) is 76.3 Å². The van der Waals surface area contributed by atoms with E-state index >= 15 is 0 Å². The molecule has 0 aromatic carbocycles. The molecule has 0 aliphatic carbocycles. The number of carbonyl (C=O) groups excluding carboxylic acids is 1. The highest BCUT2D eigenvalue weighted by Crippen LogP contribution is 2.18. The first-order valence-corrected chi connectivity index (χ1v) is 14.9. The van der Waals surface area contributed by atoms with Gasteiger partial charge in [-0.25, -0.2) is 0 Å². The number of carbonyl (C=O) groups is 1. The van der Waals surface area contributed by atoms with E-state index in [1.54, 1.807) is 42.7 Å². The van der Waals surface area contributed by atoms with E-state index in [9.17, 15) is 4.79 Å². The van der Waals surface area contributed by atoms with Crippen molar-refractivity contribution in [3.8, 4) is 0 Å². The summed E-state index contributed by atoms with van der Waals surface area (Å²) in [5.74, 6) is 0.122. The molecule has 0 unspecified atom stereocenters. The van der Waals surface area contributed by atoms with Crippen molar-refractivity contribution in [2.24, 2.45) is 0 Å². The molecule has 0 rings (SSSR count). The summed E-state index contributed by atoms with van der Waals surface area (Å²) in [6, 6.07) is 1.57. The van der Waals surface area contributed by atoms with Crippen LogP contribution in [0.1, 0.15) is 64.2 Å². The van der Waals surface area contributed by atoms with Gasteiger partial charge in [0.25, 0.3) is 0 Å². The number of nitrogens with one attached hydrogen (secondary N) is 1. The van der Waals surface area contributed by atoms with Crippen molar-refractivity contribution in [2.75, 3.05) is 49.2 Å². The first-order chi connectivity index (χ1) is 14.5. The Labute approximate surface area is 186 Å². The molecule has 1 N–H and O–H groups in total. The molecule has 180 valence electrons. The van der Waals surface area contributed by atoms with Gasteiger partial charge in [0.2, 0.25) is 5.91 Å². The Bertz CT molecular complexity index is 405. The van der Waals surface area contributed by atoms with Crippen molar-refractivity contribution in [1.29, 1.82) is 0 Å². The maximum Gasteiger partial charge on any atom is 0.500 e. The van der Waals surface area contributed by atoms with Crippen LogP contribution in [0.4, 0.5) is 0 Å². The molecule has 0 fully saturated rings. The summed E-state index contributed by atoms with van der Waals surface area (Å²) in [4.78, 5) is 11.9. The zero-order valence-electron chi connectivity index (χ0n) is 20.1. The van der Waals surface area contributed by atoms with Gasteiger partial charge in [-0.3, -0.25) is 4.79 Å². The summed E-state index contributed by atoms with van der Waals surface area (Å²) in [5, 5.41) is 2.97. The van der Waals surface area contributed by atoms with Crippen LogP contribution < -0.4 is 5.32 Å². The van der Waals surface area contributed by atoms with Crippen molar-refractivity contribution in [3.05, 3.63) is 0 Å². The van der Waals surface area contributed by atoms with Gasteiger partial charge in [0.15, 0.2) is 0 Å². The van der Waals surface area contributed by atoms with Crippen LogP contribution in [0.2, 0.25) is 12.1 Å². The van der Waals surface area contributed by atoms with E-state index in [1.165, 1.54) is 32.1 Å². The molecule has 0 aromatic heterocycles. The van der Waals surface area contributed by atoms with Gasteiger partial charge >= 0.3 is 17.6 Å². The van der Waals surface area contributed by atoms with Gasteiger partial charge in [0, 0.05) is 67.7 Å². The fraction of sp³-hybridized carbons (Fsp3) is 0.950. The Morgan fingerprint density at radius 3 is 1.37 bits per heavy atom. The third-order valence-corrected chi connectivity index (χ3v) is 11.1. The van der Waals surface area contributed by atoms with Crippen LogP contribution in [0.3, 0.4) is 0 Å². The Kier molecular flexibility index (Phi) is 18.1. The summed E-state index contributed by atoms with van der Waals surface area (Å²) in [7, 11) is 4.88. The van der Waals surface area contributed by atoms with Gasteiger partial charge in [0.1, 0.15) is 0 Å². The highest BCUT2D eigenvalue weighted by atomic mass is 28.4. The van der Waals surface area contributed by atoms with Gasteiger partial charge in [-0.2, -0.15) is 0 Å². The van der Waals surface area contributed by atoms with E-state index in [0.717, 1.165) is 31.7 Å². The summed E-state index contributed by atoms with van der Waals surface area (Å²) in [5.41, 5.74) is 0. The fourth-order valence-electron chi connectivity index (χ4n) is 3.42. The molecule has 8 nitrogen and oxygen atoms in total. The fourth-order valence-corrected chi connectivity index (χ4v) is 6.94. The number of rotatable bonds is 21. The van der Waals surface area contributed by atoms with E-state index in [-0.39, 0.29) is 5.91 Å².